The molecular weight excluding hydrogens is 430 g/mol. The van der Waals surface area contributed by atoms with Gasteiger partial charge in [-0.1, -0.05) is 12.1 Å². The molecule has 1 heterocycles. The minimum absolute atomic E-state index is 0.170. The summed E-state index contributed by atoms with van der Waals surface area (Å²) >= 11 is 0. The normalized spacial score (nSPS) is 11.9. The molecule has 10 heteroatoms. The summed E-state index contributed by atoms with van der Waals surface area (Å²) in [6, 6.07) is 9.68. The third-order valence-corrected chi connectivity index (χ3v) is 4.71. The molecule has 0 aliphatic heterocycles. The third-order valence-electron chi connectivity index (χ3n) is 4.71. The summed E-state index contributed by atoms with van der Waals surface area (Å²) in [6.45, 7) is -0.454. The lowest BCUT2D eigenvalue weighted by Crippen LogP contribution is -2.29. The number of nitriles is 1. The van der Waals surface area contributed by atoms with Crippen LogP contribution in [0.5, 0.6) is 0 Å². The summed E-state index contributed by atoms with van der Waals surface area (Å²) in [5, 5.41) is 18.8. The van der Waals surface area contributed by atoms with Gasteiger partial charge in [-0.2, -0.15) is 18.4 Å². The number of nitrogens with zero attached hydrogens (tertiary/aromatic N) is 3. The molecule has 1 N–H and O–H groups in total. The molecule has 6 nitrogen and oxygen atoms in total. The van der Waals surface area contributed by atoms with Crippen LogP contribution in [0, 0.1) is 17.1 Å². The lowest BCUT2D eigenvalue weighted by Gasteiger charge is -2.21. The van der Waals surface area contributed by atoms with Crippen LogP contribution in [0.1, 0.15) is 11.1 Å². The highest BCUT2D eigenvalue weighted by Crippen LogP contribution is 2.36. The molecule has 0 saturated carbocycles. The first-order chi connectivity index (χ1) is 15.0. The Bertz CT molecular complexity index is 1290. The van der Waals surface area contributed by atoms with Crippen molar-refractivity contribution in [1.29, 1.82) is 5.26 Å². The first kappa shape index (κ1) is 22.6. The fourth-order valence-electron chi connectivity index (χ4n) is 3.28. The number of carboxylic acid groups (broad SMARTS) is 1. The molecule has 164 valence electrons. The Morgan fingerprint density at radius 1 is 1.22 bits per heavy atom. The van der Waals surface area contributed by atoms with Crippen LogP contribution in [0.3, 0.4) is 0 Å². The predicted molar refractivity (Wildman–Crippen MR) is 108 cm³/mol. The zero-order valence-electron chi connectivity index (χ0n) is 16.5. The summed E-state index contributed by atoms with van der Waals surface area (Å²) in [5.74, 6) is -2.80. The number of para-hydroxylation sites is 1. The summed E-state index contributed by atoms with van der Waals surface area (Å²) in [4.78, 5) is 24.7. The zero-order chi connectivity index (χ0) is 23.6. The van der Waals surface area contributed by atoms with Gasteiger partial charge in [0, 0.05) is 29.7 Å². The topological polar surface area (TPSA) is 86.3 Å². The molecule has 0 fully saturated rings. The van der Waals surface area contributed by atoms with Gasteiger partial charge < -0.3 is 14.6 Å². The zero-order valence-corrected chi connectivity index (χ0v) is 16.5. The van der Waals surface area contributed by atoms with E-state index in [-0.39, 0.29) is 10.9 Å². The predicted octanol–water partition coefficient (Wildman–Crippen LogP) is 4.45. The monoisotopic (exact) mass is 445 g/mol. The van der Waals surface area contributed by atoms with Gasteiger partial charge in [-0.3, -0.25) is 9.59 Å². The number of alkyl halides is 3. The number of carbonyl (C=O) groups excluding carboxylic acids is 1. The first-order valence-electron chi connectivity index (χ1n) is 9.09. The highest BCUT2D eigenvalue weighted by atomic mass is 19.4. The molecule has 32 heavy (non-hydrogen) atoms. The molecule has 0 atom stereocenters. The van der Waals surface area contributed by atoms with E-state index in [9.17, 15) is 32.4 Å². The van der Waals surface area contributed by atoms with Gasteiger partial charge in [0.25, 0.3) is 5.91 Å². The van der Waals surface area contributed by atoms with Gasteiger partial charge in [-0.05, 0) is 36.4 Å². The van der Waals surface area contributed by atoms with Gasteiger partial charge in [0.2, 0.25) is 0 Å². The fourth-order valence-corrected chi connectivity index (χ4v) is 3.28. The Labute approximate surface area is 179 Å². The van der Waals surface area contributed by atoms with Gasteiger partial charge in [0.15, 0.2) is 0 Å². The Hall–Kier alpha value is -4.13. The maximum absolute atomic E-state index is 13.8. The summed E-state index contributed by atoms with van der Waals surface area (Å²) < 4.78 is 55.0. The SMILES string of the molecule is CN(C(=O)C(C#N)=Cc1cn(CC(=O)O)c2ccc(F)cc12)c1ccccc1C(F)(F)F. The van der Waals surface area contributed by atoms with Crippen LogP contribution >= 0.6 is 0 Å². The van der Waals surface area contributed by atoms with Crippen LogP contribution in [0.4, 0.5) is 23.2 Å². The van der Waals surface area contributed by atoms with Crippen LogP contribution < -0.4 is 4.90 Å². The van der Waals surface area contributed by atoms with Crippen molar-refractivity contribution < 1.29 is 32.3 Å². The van der Waals surface area contributed by atoms with Crippen molar-refractivity contribution in [3.05, 3.63) is 71.2 Å². The average molecular weight is 445 g/mol. The van der Waals surface area contributed by atoms with Crippen molar-refractivity contribution in [2.75, 3.05) is 11.9 Å². The molecule has 3 rings (SSSR count). The molecule has 0 aliphatic rings. The summed E-state index contributed by atoms with van der Waals surface area (Å²) in [5.41, 5.74) is -1.48. The van der Waals surface area contributed by atoms with Crippen molar-refractivity contribution in [3.8, 4) is 6.07 Å². The lowest BCUT2D eigenvalue weighted by atomic mass is 10.1. The number of fused-ring (bicyclic) bond motifs is 1. The van der Waals surface area contributed by atoms with E-state index in [1.54, 1.807) is 6.07 Å². The number of carbonyl (C=O) groups is 2. The van der Waals surface area contributed by atoms with E-state index in [1.165, 1.54) is 29.0 Å². The Kier molecular flexibility index (Phi) is 6.02. The quantitative estimate of drug-likeness (QED) is 0.357. The highest BCUT2D eigenvalue weighted by Gasteiger charge is 2.35. The summed E-state index contributed by atoms with van der Waals surface area (Å²) in [6.07, 6.45) is -2.30. The Balaban J connectivity index is 2.08. The van der Waals surface area contributed by atoms with Crippen molar-refractivity contribution >= 4 is 34.5 Å². The van der Waals surface area contributed by atoms with E-state index < -0.39 is 47.2 Å². The standard InChI is InChI=1S/C22H15F4N3O3/c1-28(19-5-3-2-4-17(19)22(24,25)26)21(32)13(10-27)8-14-11-29(12-20(30)31)18-7-6-15(23)9-16(14)18/h2-9,11H,12H2,1H3,(H,30,31). The second-order valence-electron chi connectivity index (χ2n) is 6.82. The Morgan fingerprint density at radius 2 is 1.91 bits per heavy atom. The number of anilines is 1. The number of likely N-dealkylation sites (N-methyl/N-ethyl adjacent to an activating group) is 1. The van der Waals surface area contributed by atoms with Crippen molar-refractivity contribution in [2.45, 2.75) is 12.7 Å². The molecule has 0 unspecified atom stereocenters. The van der Waals surface area contributed by atoms with Crippen LogP contribution in [-0.2, 0) is 22.3 Å². The van der Waals surface area contributed by atoms with E-state index in [4.69, 9.17) is 5.11 Å². The maximum Gasteiger partial charge on any atom is 0.418 e. The number of amides is 1. The second kappa shape index (κ2) is 8.55. The smallest absolute Gasteiger partial charge is 0.418 e. The number of hydrogen-bond donors (Lipinski definition) is 1. The molecule has 0 spiro atoms. The molecular formula is C22H15F4N3O3. The molecule has 0 radical (unpaired) electrons. The fraction of sp³-hybridized carbons (Fsp3) is 0.136. The van der Waals surface area contributed by atoms with Crippen LogP contribution in [0.25, 0.3) is 17.0 Å². The van der Waals surface area contributed by atoms with Gasteiger partial charge in [-0.25, -0.2) is 4.39 Å². The molecule has 0 aliphatic carbocycles. The highest BCUT2D eigenvalue weighted by molar-refractivity contribution is 6.12. The van der Waals surface area contributed by atoms with Gasteiger partial charge in [0.1, 0.15) is 24.0 Å². The van der Waals surface area contributed by atoms with Gasteiger partial charge in [0.05, 0.1) is 11.3 Å². The molecule has 0 saturated heterocycles. The number of benzene rings is 2. The van der Waals surface area contributed by atoms with Crippen molar-refractivity contribution in [1.82, 2.24) is 4.57 Å². The van der Waals surface area contributed by atoms with Crippen LogP contribution in [0.15, 0.2) is 54.2 Å². The molecule has 1 amide bonds. The minimum Gasteiger partial charge on any atom is -0.480 e. The minimum atomic E-state index is -4.72. The first-order valence-corrected chi connectivity index (χ1v) is 9.09. The lowest BCUT2D eigenvalue weighted by molar-refractivity contribution is -0.138. The molecule has 0 bridgehead atoms. The van der Waals surface area contributed by atoms with Gasteiger partial charge in [-0.15, -0.1) is 0 Å². The molecule has 1 aromatic heterocycles. The van der Waals surface area contributed by atoms with Crippen molar-refractivity contribution in [2.24, 2.45) is 0 Å². The Morgan fingerprint density at radius 3 is 2.53 bits per heavy atom. The molecule has 2 aromatic carbocycles. The second-order valence-corrected chi connectivity index (χ2v) is 6.82. The van der Waals surface area contributed by atoms with E-state index in [2.05, 4.69) is 0 Å². The van der Waals surface area contributed by atoms with Crippen LogP contribution in [0.2, 0.25) is 0 Å². The van der Waals surface area contributed by atoms with Crippen molar-refractivity contribution in [3.63, 3.8) is 0 Å². The van der Waals surface area contributed by atoms with Gasteiger partial charge >= 0.3 is 12.1 Å². The van der Waals surface area contributed by atoms with Crippen LogP contribution in [-0.4, -0.2) is 28.6 Å². The van der Waals surface area contributed by atoms with E-state index in [1.807, 2.05) is 0 Å². The van der Waals surface area contributed by atoms with E-state index in [0.29, 0.717) is 10.4 Å². The van der Waals surface area contributed by atoms with E-state index in [0.717, 1.165) is 37.4 Å². The average Bonchev–Trinajstić information content (AvgIpc) is 3.05. The number of carboxylic acids is 1. The van der Waals surface area contributed by atoms with E-state index >= 15 is 0 Å². The summed E-state index contributed by atoms with van der Waals surface area (Å²) in [7, 11) is 1.10. The maximum atomic E-state index is 13.8. The molecule has 3 aromatic rings. The largest absolute Gasteiger partial charge is 0.480 e. The number of aliphatic carboxylic acids is 1. The number of halogens is 4. The number of rotatable bonds is 5. The number of aromatic nitrogens is 1. The third kappa shape index (κ3) is 4.46. The number of hydrogen-bond acceptors (Lipinski definition) is 3.